The van der Waals surface area contributed by atoms with Crippen molar-refractivity contribution in [2.75, 3.05) is 6.54 Å². The van der Waals surface area contributed by atoms with Crippen LogP contribution in [-0.4, -0.2) is 6.54 Å². The minimum atomic E-state index is 0. The van der Waals surface area contributed by atoms with Crippen LogP contribution in [0.25, 0.3) is 0 Å². The van der Waals surface area contributed by atoms with E-state index in [9.17, 15) is 0 Å². The Morgan fingerprint density at radius 2 is 1.71 bits per heavy atom. The SMILES string of the molecule is CCCCNCc1cccc(OCc2ccccc2)c1.Cl. The van der Waals surface area contributed by atoms with Crippen molar-refractivity contribution in [2.24, 2.45) is 0 Å². The lowest BCUT2D eigenvalue weighted by Crippen LogP contribution is -2.14. The van der Waals surface area contributed by atoms with Gasteiger partial charge in [-0.15, -0.1) is 12.4 Å². The molecule has 0 saturated heterocycles. The fourth-order valence-electron chi connectivity index (χ4n) is 2.02. The van der Waals surface area contributed by atoms with Crippen molar-refractivity contribution in [3.63, 3.8) is 0 Å². The van der Waals surface area contributed by atoms with Gasteiger partial charge in [0.05, 0.1) is 0 Å². The highest BCUT2D eigenvalue weighted by molar-refractivity contribution is 5.85. The Hall–Kier alpha value is -1.51. The van der Waals surface area contributed by atoms with Crippen LogP contribution in [0.3, 0.4) is 0 Å². The van der Waals surface area contributed by atoms with Crippen LogP contribution in [0.1, 0.15) is 30.9 Å². The largest absolute Gasteiger partial charge is 0.489 e. The molecule has 0 aromatic heterocycles. The molecule has 2 aromatic rings. The summed E-state index contributed by atoms with van der Waals surface area (Å²) in [5, 5.41) is 3.45. The van der Waals surface area contributed by atoms with E-state index < -0.39 is 0 Å². The molecule has 2 aromatic carbocycles. The van der Waals surface area contributed by atoms with Crippen molar-refractivity contribution in [1.82, 2.24) is 5.32 Å². The standard InChI is InChI=1S/C18H23NO.ClH/c1-2-3-12-19-14-17-10-7-11-18(13-17)20-15-16-8-5-4-6-9-16;/h4-11,13,19H,2-3,12,14-15H2,1H3;1H. The van der Waals surface area contributed by atoms with Crippen LogP contribution in [0.5, 0.6) is 5.75 Å². The van der Waals surface area contributed by atoms with E-state index in [1.165, 1.54) is 24.0 Å². The highest BCUT2D eigenvalue weighted by atomic mass is 35.5. The Balaban J connectivity index is 0.00000220. The summed E-state index contributed by atoms with van der Waals surface area (Å²) in [4.78, 5) is 0. The summed E-state index contributed by atoms with van der Waals surface area (Å²) in [6, 6.07) is 18.6. The van der Waals surface area contributed by atoms with Crippen LogP contribution in [0.2, 0.25) is 0 Å². The summed E-state index contributed by atoms with van der Waals surface area (Å²) in [5.74, 6) is 0.934. The number of ether oxygens (including phenoxy) is 1. The first-order valence-corrected chi connectivity index (χ1v) is 7.35. The van der Waals surface area contributed by atoms with E-state index >= 15 is 0 Å². The lowest BCUT2D eigenvalue weighted by atomic mass is 10.2. The van der Waals surface area contributed by atoms with E-state index in [2.05, 4.69) is 42.6 Å². The zero-order chi connectivity index (χ0) is 14.0. The zero-order valence-electron chi connectivity index (χ0n) is 12.5. The monoisotopic (exact) mass is 305 g/mol. The van der Waals surface area contributed by atoms with Crippen molar-refractivity contribution in [1.29, 1.82) is 0 Å². The van der Waals surface area contributed by atoms with E-state index in [4.69, 9.17) is 4.74 Å². The molecule has 0 amide bonds. The molecule has 21 heavy (non-hydrogen) atoms. The minimum Gasteiger partial charge on any atom is -0.489 e. The minimum absolute atomic E-state index is 0. The number of halogens is 1. The second-order valence-electron chi connectivity index (χ2n) is 4.95. The van der Waals surface area contributed by atoms with E-state index in [0.717, 1.165) is 18.8 Å². The molecule has 3 heteroatoms. The zero-order valence-corrected chi connectivity index (χ0v) is 13.4. The number of rotatable bonds is 8. The van der Waals surface area contributed by atoms with Gasteiger partial charge in [-0.3, -0.25) is 0 Å². The van der Waals surface area contributed by atoms with Gasteiger partial charge in [0.15, 0.2) is 0 Å². The third-order valence-corrected chi connectivity index (χ3v) is 3.18. The predicted octanol–water partition coefficient (Wildman–Crippen LogP) is 4.58. The van der Waals surface area contributed by atoms with Crippen LogP contribution < -0.4 is 10.1 Å². The molecule has 0 unspecified atom stereocenters. The summed E-state index contributed by atoms with van der Waals surface area (Å²) >= 11 is 0. The quantitative estimate of drug-likeness (QED) is 0.721. The maximum Gasteiger partial charge on any atom is 0.120 e. The number of hydrogen-bond donors (Lipinski definition) is 1. The first-order valence-electron chi connectivity index (χ1n) is 7.35. The summed E-state index contributed by atoms with van der Waals surface area (Å²) in [6.45, 7) is 4.81. The van der Waals surface area contributed by atoms with Gasteiger partial charge in [0.2, 0.25) is 0 Å². The molecule has 0 aliphatic heterocycles. The second-order valence-corrected chi connectivity index (χ2v) is 4.95. The molecule has 114 valence electrons. The van der Waals surface area contributed by atoms with Crippen molar-refractivity contribution in [3.8, 4) is 5.75 Å². The molecular weight excluding hydrogens is 282 g/mol. The number of hydrogen-bond acceptors (Lipinski definition) is 2. The number of unbranched alkanes of at least 4 members (excludes halogenated alkanes) is 1. The van der Waals surface area contributed by atoms with Crippen LogP contribution in [-0.2, 0) is 13.2 Å². The molecule has 2 rings (SSSR count). The first kappa shape index (κ1) is 17.5. The topological polar surface area (TPSA) is 21.3 Å². The van der Waals surface area contributed by atoms with Gasteiger partial charge in [0, 0.05) is 6.54 Å². The lowest BCUT2D eigenvalue weighted by Gasteiger charge is -2.09. The smallest absolute Gasteiger partial charge is 0.120 e. The van der Waals surface area contributed by atoms with Gasteiger partial charge in [-0.25, -0.2) is 0 Å². The maximum atomic E-state index is 5.83. The number of benzene rings is 2. The maximum absolute atomic E-state index is 5.83. The molecule has 0 bridgehead atoms. The van der Waals surface area contributed by atoms with Crippen LogP contribution >= 0.6 is 12.4 Å². The van der Waals surface area contributed by atoms with Crippen molar-refractivity contribution in [2.45, 2.75) is 32.9 Å². The van der Waals surface area contributed by atoms with Crippen molar-refractivity contribution < 1.29 is 4.74 Å². The average molecular weight is 306 g/mol. The summed E-state index contributed by atoms with van der Waals surface area (Å²) < 4.78 is 5.83. The summed E-state index contributed by atoms with van der Waals surface area (Å²) in [5.41, 5.74) is 2.46. The van der Waals surface area contributed by atoms with E-state index in [0.29, 0.717) is 6.61 Å². The Labute approximate surface area is 133 Å². The fraction of sp³-hybridized carbons (Fsp3) is 0.333. The van der Waals surface area contributed by atoms with Gasteiger partial charge >= 0.3 is 0 Å². The number of nitrogens with one attached hydrogen (secondary N) is 1. The van der Waals surface area contributed by atoms with Gasteiger partial charge in [-0.2, -0.15) is 0 Å². The van der Waals surface area contributed by atoms with Gasteiger partial charge in [0.25, 0.3) is 0 Å². The Kier molecular flexibility index (Phi) is 8.56. The van der Waals surface area contributed by atoms with Gasteiger partial charge < -0.3 is 10.1 Å². The predicted molar refractivity (Wildman–Crippen MR) is 91.1 cm³/mol. The Bertz CT molecular complexity index is 502. The molecule has 2 nitrogen and oxygen atoms in total. The first-order chi connectivity index (χ1) is 9.88. The van der Waals surface area contributed by atoms with Crippen LogP contribution in [0.4, 0.5) is 0 Å². The highest BCUT2D eigenvalue weighted by Gasteiger charge is 1.98. The lowest BCUT2D eigenvalue weighted by molar-refractivity contribution is 0.306. The van der Waals surface area contributed by atoms with Gasteiger partial charge in [0.1, 0.15) is 12.4 Å². The molecule has 0 atom stereocenters. The normalized spacial score (nSPS) is 9.95. The molecule has 0 aliphatic carbocycles. The Morgan fingerprint density at radius 1 is 0.952 bits per heavy atom. The fourth-order valence-corrected chi connectivity index (χ4v) is 2.02. The van der Waals surface area contributed by atoms with Crippen LogP contribution in [0, 0.1) is 0 Å². The van der Waals surface area contributed by atoms with E-state index in [-0.39, 0.29) is 12.4 Å². The van der Waals surface area contributed by atoms with E-state index in [1.807, 2.05) is 24.3 Å². The molecule has 0 saturated carbocycles. The molecule has 0 fully saturated rings. The molecule has 0 heterocycles. The summed E-state index contributed by atoms with van der Waals surface area (Å²) in [7, 11) is 0. The highest BCUT2D eigenvalue weighted by Crippen LogP contribution is 2.15. The van der Waals surface area contributed by atoms with Gasteiger partial charge in [-0.05, 0) is 36.2 Å². The van der Waals surface area contributed by atoms with Gasteiger partial charge in [-0.1, -0.05) is 55.8 Å². The van der Waals surface area contributed by atoms with Crippen LogP contribution in [0.15, 0.2) is 54.6 Å². The second kappa shape index (κ2) is 10.3. The molecular formula is C18H24ClNO. The molecule has 0 spiro atoms. The third-order valence-electron chi connectivity index (χ3n) is 3.18. The van der Waals surface area contributed by atoms with Crippen molar-refractivity contribution in [3.05, 3.63) is 65.7 Å². The van der Waals surface area contributed by atoms with Crippen molar-refractivity contribution >= 4 is 12.4 Å². The summed E-state index contributed by atoms with van der Waals surface area (Å²) in [6.07, 6.45) is 2.46. The molecule has 1 N–H and O–H groups in total. The molecule has 0 aliphatic rings. The third kappa shape index (κ3) is 6.65. The Morgan fingerprint density at radius 3 is 2.48 bits per heavy atom. The average Bonchev–Trinajstić information content (AvgIpc) is 2.51. The van der Waals surface area contributed by atoms with E-state index in [1.54, 1.807) is 0 Å². The molecule has 0 radical (unpaired) electrons.